The molecule has 0 radical (unpaired) electrons. The van der Waals surface area contributed by atoms with Crippen LogP contribution in [0.3, 0.4) is 0 Å². The van der Waals surface area contributed by atoms with Crippen LogP contribution in [0.15, 0.2) is 0 Å². The molecule has 0 aliphatic heterocycles. The molecule has 0 saturated heterocycles. The van der Waals surface area contributed by atoms with Gasteiger partial charge in [-0.25, -0.2) is 0 Å². The summed E-state index contributed by atoms with van der Waals surface area (Å²) in [5, 5.41) is 11.3. The highest BCUT2D eigenvalue weighted by molar-refractivity contribution is 5.89. The summed E-state index contributed by atoms with van der Waals surface area (Å²) < 4.78 is 0. The van der Waals surface area contributed by atoms with Gasteiger partial charge in [0.05, 0.1) is 11.8 Å². The third-order valence-electron chi connectivity index (χ3n) is 2.59. The molecule has 0 aromatic carbocycles. The molecule has 1 aliphatic rings. The maximum Gasteiger partial charge on any atom is 0.307 e. The molecule has 2 atom stereocenters. The van der Waals surface area contributed by atoms with Crippen molar-refractivity contribution in [3.8, 4) is 0 Å². The number of carbonyl (C=O) groups is 3. The molecule has 16 heavy (non-hydrogen) atoms. The van der Waals surface area contributed by atoms with Crippen LogP contribution >= 0.6 is 0 Å². The molecule has 4 N–H and O–H groups in total. The normalized spacial score (nSPS) is 22.5. The zero-order valence-electron chi connectivity index (χ0n) is 8.94. The second-order valence-electron chi connectivity index (χ2n) is 4.00. The van der Waals surface area contributed by atoms with Crippen LogP contribution in [0.4, 0.5) is 0 Å². The highest BCUT2D eigenvalue weighted by Crippen LogP contribution is 2.38. The number of hydrogen-bond acceptors (Lipinski definition) is 3. The quantitative estimate of drug-likeness (QED) is 0.509. The number of rotatable bonds is 7. The number of amides is 2. The van der Waals surface area contributed by atoms with E-state index in [2.05, 4.69) is 5.32 Å². The summed E-state index contributed by atoms with van der Waals surface area (Å²) in [6.45, 7) is 0.467. The van der Waals surface area contributed by atoms with Gasteiger partial charge in [-0.3, -0.25) is 14.4 Å². The number of carboxylic acid groups (broad SMARTS) is 1. The van der Waals surface area contributed by atoms with E-state index in [4.69, 9.17) is 10.8 Å². The molecule has 2 unspecified atom stereocenters. The molecular formula is C10H16N2O4. The summed E-state index contributed by atoms with van der Waals surface area (Å²) in [6.07, 6.45) is 2.07. The van der Waals surface area contributed by atoms with Gasteiger partial charge in [0.1, 0.15) is 0 Å². The van der Waals surface area contributed by atoms with Gasteiger partial charge in [0.15, 0.2) is 0 Å². The van der Waals surface area contributed by atoms with Crippen LogP contribution < -0.4 is 11.1 Å². The molecule has 1 saturated carbocycles. The van der Waals surface area contributed by atoms with Gasteiger partial charge in [0.25, 0.3) is 0 Å². The van der Waals surface area contributed by atoms with Crippen LogP contribution in [-0.2, 0) is 14.4 Å². The fourth-order valence-corrected chi connectivity index (χ4v) is 1.52. The van der Waals surface area contributed by atoms with E-state index in [1.807, 2.05) is 0 Å². The smallest absolute Gasteiger partial charge is 0.307 e. The van der Waals surface area contributed by atoms with Gasteiger partial charge in [-0.1, -0.05) is 0 Å². The number of aliphatic carboxylic acids is 1. The Morgan fingerprint density at radius 2 is 1.94 bits per heavy atom. The van der Waals surface area contributed by atoms with E-state index in [1.54, 1.807) is 0 Å². The van der Waals surface area contributed by atoms with Crippen molar-refractivity contribution < 1.29 is 19.5 Å². The third-order valence-corrected chi connectivity index (χ3v) is 2.59. The monoisotopic (exact) mass is 228 g/mol. The molecule has 0 aromatic rings. The van der Waals surface area contributed by atoms with Gasteiger partial charge in [-0.05, 0) is 19.3 Å². The van der Waals surface area contributed by atoms with Crippen molar-refractivity contribution in [3.05, 3.63) is 0 Å². The van der Waals surface area contributed by atoms with Crippen LogP contribution in [0.5, 0.6) is 0 Å². The molecule has 6 nitrogen and oxygen atoms in total. The van der Waals surface area contributed by atoms with Crippen LogP contribution in [-0.4, -0.2) is 29.4 Å². The van der Waals surface area contributed by atoms with Crippen molar-refractivity contribution >= 4 is 17.8 Å². The van der Waals surface area contributed by atoms with E-state index in [0.717, 1.165) is 0 Å². The summed E-state index contributed by atoms with van der Waals surface area (Å²) in [6, 6.07) is 0. The fraction of sp³-hybridized carbons (Fsp3) is 0.700. The summed E-state index contributed by atoms with van der Waals surface area (Å²) in [4.78, 5) is 32.2. The van der Waals surface area contributed by atoms with Gasteiger partial charge in [-0.2, -0.15) is 0 Å². The van der Waals surface area contributed by atoms with Crippen molar-refractivity contribution in [3.63, 3.8) is 0 Å². The first-order chi connectivity index (χ1) is 7.52. The standard InChI is InChI=1S/C10H16N2O4/c11-8(13)3-1-2-4-12-9(14)6-5-7(6)10(15)16/h6-7H,1-5H2,(H2,11,13)(H,12,14)(H,15,16). The van der Waals surface area contributed by atoms with E-state index < -0.39 is 11.9 Å². The second-order valence-corrected chi connectivity index (χ2v) is 4.00. The highest BCUT2D eigenvalue weighted by atomic mass is 16.4. The Bertz CT molecular complexity index is 303. The number of unbranched alkanes of at least 4 members (excludes halogenated alkanes) is 1. The van der Waals surface area contributed by atoms with E-state index in [-0.39, 0.29) is 17.7 Å². The molecule has 0 bridgehead atoms. The Morgan fingerprint density at radius 3 is 2.44 bits per heavy atom. The van der Waals surface area contributed by atoms with Crippen molar-refractivity contribution in [2.45, 2.75) is 25.7 Å². The van der Waals surface area contributed by atoms with E-state index >= 15 is 0 Å². The molecule has 0 aromatic heterocycles. The molecular weight excluding hydrogens is 212 g/mol. The second kappa shape index (κ2) is 5.48. The van der Waals surface area contributed by atoms with Crippen LogP contribution in [0.25, 0.3) is 0 Å². The maximum absolute atomic E-state index is 11.4. The Hall–Kier alpha value is -1.59. The predicted molar refractivity (Wildman–Crippen MR) is 55.3 cm³/mol. The lowest BCUT2D eigenvalue weighted by atomic mass is 10.2. The first-order valence-corrected chi connectivity index (χ1v) is 5.31. The average Bonchev–Trinajstić information content (AvgIpc) is 2.95. The molecule has 90 valence electrons. The minimum atomic E-state index is -0.908. The molecule has 1 aliphatic carbocycles. The van der Waals surface area contributed by atoms with Gasteiger partial charge in [0.2, 0.25) is 11.8 Å². The fourth-order valence-electron chi connectivity index (χ4n) is 1.52. The lowest BCUT2D eigenvalue weighted by molar-refractivity contribution is -0.140. The zero-order valence-corrected chi connectivity index (χ0v) is 8.94. The Labute approximate surface area is 93.2 Å². The minimum Gasteiger partial charge on any atom is -0.481 e. The summed E-state index contributed by atoms with van der Waals surface area (Å²) in [5.74, 6) is -2.33. The van der Waals surface area contributed by atoms with E-state index in [9.17, 15) is 14.4 Å². The zero-order chi connectivity index (χ0) is 12.1. The molecule has 2 amide bonds. The van der Waals surface area contributed by atoms with Crippen LogP contribution in [0.2, 0.25) is 0 Å². The molecule has 1 fully saturated rings. The maximum atomic E-state index is 11.4. The first kappa shape index (κ1) is 12.5. The topological polar surface area (TPSA) is 109 Å². The van der Waals surface area contributed by atoms with Gasteiger partial charge in [-0.15, -0.1) is 0 Å². The van der Waals surface area contributed by atoms with Crippen molar-refractivity contribution in [2.24, 2.45) is 17.6 Å². The molecule has 1 rings (SSSR count). The minimum absolute atomic E-state index is 0.202. The van der Waals surface area contributed by atoms with Crippen molar-refractivity contribution in [1.29, 1.82) is 0 Å². The number of carboxylic acids is 1. The Balaban J connectivity index is 2.04. The van der Waals surface area contributed by atoms with Gasteiger partial charge in [0, 0.05) is 13.0 Å². The van der Waals surface area contributed by atoms with Gasteiger partial charge < -0.3 is 16.2 Å². The number of carbonyl (C=O) groups excluding carboxylic acids is 2. The van der Waals surface area contributed by atoms with Crippen LogP contribution in [0.1, 0.15) is 25.7 Å². The average molecular weight is 228 g/mol. The number of primary amides is 1. The SMILES string of the molecule is NC(=O)CCCCNC(=O)C1CC1C(=O)O. The van der Waals surface area contributed by atoms with Crippen molar-refractivity contribution in [2.75, 3.05) is 6.54 Å². The van der Waals surface area contributed by atoms with Gasteiger partial charge >= 0.3 is 5.97 Å². The summed E-state index contributed by atoms with van der Waals surface area (Å²) in [5.41, 5.74) is 4.95. The molecule has 0 spiro atoms. The van der Waals surface area contributed by atoms with Crippen molar-refractivity contribution in [1.82, 2.24) is 5.32 Å². The highest BCUT2D eigenvalue weighted by Gasteiger charge is 2.48. The summed E-state index contributed by atoms with van der Waals surface area (Å²) in [7, 11) is 0. The molecule has 6 heteroatoms. The largest absolute Gasteiger partial charge is 0.481 e. The first-order valence-electron chi connectivity index (χ1n) is 5.31. The Kier molecular flexibility index (Phi) is 4.28. The number of nitrogens with two attached hydrogens (primary N) is 1. The number of hydrogen-bond donors (Lipinski definition) is 3. The third kappa shape index (κ3) is 3.88. The summed E-state index contributed by atoms with van der Waals surface area (Å²) >= 11 is 0. The number of nitrogens with one attached hydrogen (secondary N) is 1. The van der Waals surface area contributed by atoms with Crippen LogP contribution in [0, 0.1) is 11.8 Å². The Morgan fingerprint density at radius 1 is 1.25 bits per heavy atom. The van der Waals surface area contributed by atoms with E-state index in [0.29, 0.717) is 32.2 Å². The lowest BCUT2D eigenvalue weighted by Gasteiger charge is -2.03. The predicted octanol–water partition coefficient (Wildman–Crippen LogP) is -0.521. The molecule has 0 heterocycles. The van der Waals surface area contributed by atoms with E-state index in [1.165, 1.54) is 0 Å². The lowest BCUT2D eigenvalue weighted by Crippen LogP contribution is -2.27.